The van der Waals surface area contributed by atoms with Gasteiger partial charge in [-0.25, -0.2) is 19.1 Å². The summed E-state index contributed by atoms with van der Waals surface area (Å²) in [5.41, 5.74) is 0. The standard InChI is InChI=1S/CH2O3.BrH.HI.2K.H3NO.Na.H2O4S/c2-1(3)4;;;;;1-2;;1-5(2,3)4/h(H2,2,3,4);2*1H;;;2H,1H2;;(H2,1,2,3,4)/q;;;2*+1;;+1;/p-3. The molecule has 0 fully saturated rings. The molecule has 0 aliphatic rings. The predicted molar refractivity (Wildman–Crippen MR) is 29.0 cm³/mol. The first-order valence-corrected chi connectivity index (χ1v) is 2.96. The van der Waals surface area contributed by atoms with Gasteiger partial charge in [0.2, 0.25) is 10.4 Å². The van der Waals surface area contributed by atoms with Crippen molar-refractivity contribution in [2.45, 2.75) is 0 Å². The van der Waals surface area contributed by atoms with Gasteiger partial charge >= 0.3 is 138 Å². The van der Waals surface area contributed by atoms with E-state index in [4.69, 9.17) is 37.7 Å². The van der Waals surface area contributed by atoms with Crippen LogP contribution in [0.15, 0.2) is 0 Å². The molecule has 0 aromatic heterocycles. The maximum atomic E-state index is 8.63. The fraction of sp³-hybridized carbons (Fsp3) is 0. The van der Waals surface area contributed by atoms with Crippen molar-refractivity contribution in [1.29, 1.82) is 0 Å². The normalized spacial score (nSPS) is 5.50. The summed E-state index contributed by atoms with van der Waals surface area (Å²) >= 11 is 0. The number of halogens is 2. The van der Waals surface area contributed by atoms with Crippen molar-refractivity contribution in [1.82, 2.24) is 0 Å². The Morgan fingerprint density at radius 1 is 1.12 bits per heavy atom. The molecule has 86 valence electrons. The van der Waals surface area contributed by atoms with Gasteiger partial charge in [0, 0.05) is 0 Å². The first-order valence-electron chi connectivity index (χ1n) is 1.59. The minimum absolute atomic E-state index is 0. The molecule has 9 nitrogen and oxygen atoms in total. The number of hydrogen-bond donors (Lipinski definition) is 5. The van der Waals surface area contributed by atoms with Gasteiger partial charge < -0.3 is 60.9 Å². The molecular weight excluding hydrogens is 494 g/mol. The zero-order valence-electron chi connectivity index (χ0n) is 8.66. The van der Waals surface area contributed by atoms with Gasteiger partial charge in [0.25, 0.3) is 0 Å². The molecule has 6 N–H and O–H groups in total. The predicted octanol–water partition coefficient (Wildman–Crippen LogP) is -16.4. The largest absolute Gasteiger partial charge is 1.00 e. The van der Waals surface area contributed by atoms with Crippen molar-refractivity contribution in [2.24, 2.45) is 5.90 Å². The van der Waals surface area contributed by atoms with Crippen LogP contribution in [0.3, 0.4) is 0 Å². The summed E-state index contributed by atoms with van der Waals surface area (Å²) in [5.74, 6) is 3.50. The van der Waals surface area contributed by atoms with Gasteiger partial charge in [0.1, 0.15) is 0 Å². The second kappa shape index (κ2) is 36.6. The maximum Gasteiger partial charge on any atom is 1.00 e. The van der Waals surface area contributed by atoms with Crippen LogP contribution in [-0.2, 0) is 10.4 Å². The summed E-state index contributed by atoms with van der Waals surface area (Å²) in [6, 6.07) is 0. The summed E-state index contributed by atoms with van der Waals surface area (Å²) in [4.78, 5) is 8.56. The molecule has 16 heavy (non-hydrogen) atoms. The van der Waals surface area contributed by atoms with E-state index in [-0.39, 0.29) is 173 Å². The van der Waals surface area contributed by atoms with E-state index < -0.39 is 16.6 Å². The van der Waals surface area contributed by atoms with Crippen molar-refractivity contribution in [2.75, 3.05) is 0 Å². The smallest absolute Gasteiger partial charge is 1.00 e. The molecule has 0 saturated carbocycles. The van der Waals surface area contributed by atoms with E-state index in [9.17, 15) is 0 Å². The first-order chi connectivity index (χ1) is 4.73. The monoisotopic (exact) mass is 499 g/mol. The number of rotatable bonds is 0. The second-order valence-electron chi connectivity index (χ2n) is 0.710. The van der Waals surface area contributed by atoms with Crippen LogP contribution in [-0.4, -0.2) is 39.1 Å². The average molecular weight is 500 g/mol. The molecule has 0 bridgehead atoms. The van der Waals surface area contributed by atoms with Crippen molar-refractivity contribution in [3.05, 3.63) is 0 Å². The molecular formula is CH6BrIK2NNaO8S. The van der Waals surface area contributed by atoms with E-state index in [1.165, 1.54) is 0 Å². The van der Waals surface area contributed by atoms with Crippen LogP contribution in [0.1, 0.15) is 0 Å². The minimum atomic E-state index is -4.92. The molecule has 15 heteroatoms. The molecule has 0 aliphatic heterocycles. The second-order valence-corrected chi connectivity index (χ2v) is 1.57. The van der Waals surface area contributed by atoms with E-state index in [0.29, 0.717) is 0 Å². The van der Waals surface area contributed by atoms with Crippen molar-refractivity contribution < 1.29 is 211 Å². The van der Waals surface area contributed by atoms with Crippen LogP contribution >= 0.6 is 0 Å². The molecule has 0 aromatic carbocycles. The first kappa shape index (κ1) is 49.9. The van der Waals surface area contributed by atoms with Crippen LogP contribution in [0, 0.1) is 0 Å². The van der Waals surface area contributed by atoms with E-state index in [2.05, 4.69) is 5.90 Å². The topological polar surface area (TPSA) is 181 Å². The molecule has 0 spiro atoms. The fourth-order valence-corrected chi connectivity index (χ4v) is 0. The van der Waals surface area contributed by atoms with E-state index >= 15 is 0 Å². The number of carboxylic acid groups (broad SMARTS) is 2. The van der Waals surface area contributed by atoms with Crippen LogP contribution in [0.25, 0.3) is 0 Å². The SMILES string of the molecule is NO.O=C(O)O.O=S(=O)([O-])O.[Br-].[I-].[K+].[K+].[Na+]. The third-order valence-electron chi connectivity index (χ3n) is 0. The molecule has 0 atom stereocenters. The summed E-state index contributed by atoms with van der Waals surface area (Å²) in [6.45, 7) is 0. The molecule has 0 saturated heterocycles. The van der Waals surface area contributed by atoms with Crippen LogP contribution < -0.4 is 179 Å². The van der Waals surface area contributed by atoms with Crippen LogP contribution in [0.4, 0.5) is 4.79 Å². The van der Waals surface area contributed by atoms with Gasteiger partial charge in [0.15, 0.2) is 0 Å². The van der Waals surface area contributed by atoms with Gasteiger partial charge in [-0.15, -0.1) is 0 Å². The average Bonchev–Trinajstić information content (AvgIpc) is 1.63. The van der Waals surface area contributed by atoms with Crippen molar-refractivity contribution in [3.8, 4) is 0 Å². The molecule has 0 aromatic rings. The molecule has 0 unspecified atom stereocenters. The van der Waals surface area contributed by atoms with E-state index in [1.807, 2.05) is 0 Å². The van der Waals surface area contributed by atoms with Gasteiger partial charge in [0.05, 0.1) is 0 Å². The Morgan fingerprint density at radius 3 is 1.12 bits per heavy atom. The zero-order valence-corrected chi connectivity index (χ0v) is 21.5. The third kappa shape index (κ3) is 277. The molecule has 0 radical (unpaired) electrons. The van der Waals surface area contributed by atoms with Gasteiger partial charge in [-0.1, -0.05) is 0 Å². The third-order valence-corrected chi connectivity index (χ3v) is 0. The summed E-state index contributed by atoms with van der Waals surface area (Å²) in [5, 5.41) is 20.4. The molecule has 0 rings (SSSR count). The number of nitrogens with two attached hydrogens (primary N) is 1. The Labute approximate surface area is 227 Å². The molecule has 0 aliphatic carbocycles. The number of hydrogen-bond acceptors (Lipinski definition) is 6. The number of carbonyl (C=O) groups is 1. The fourth-order valence-electron chi connectivity index (χ4n) is 0. The summed E-state index contributed by atoms with van der Waals surface area (Å²) in [7, 11) is -4.92. The van der Waals surface area contributed by atoms with Crippen LogP contribution in [0.5, 0.6) is 0 Å². The molecule has 0 heterocycles. The van der Waals surface area contributed by atoms with Crippen LogP contribution in [0.2, 0.25) is 0 Å². The Kier molecular flexibility index (Phi) is 114. The van der Waals surface area contributed by atoms with Gasteiger partial charge in [-0.2, -0.15) is 0 Å². The van der Waals surface area contributed by atoms with Crippen molar-refractivity contribution >= 4 is 16.6 Å². The minimum Gasteiger partial charge on any atom is -1.00 e. The van der Waals surface area contributed by atoms with E-state index in [0.717, 1.165) is 0 Å². The quantitative estimate of drug-likeness (QED) is 0.0710. The van der Waals surface area contributed by atoms with Gasteiger partial charge in [-0.05, 0) is 0 Å². The van der Waals surface area contributed by atoms with Gasteiger partial charge in [-0.3, -0.25) is 4.55 Å². The summed E-state index contributed by atoms with van der Waals surface area (Å²) in [6.07, 6.45) is -1.83. The molecule has 0 amide bonds. The van der Waals surface area contributed by atoms with Crippen molar-refractivity contribution in [3.63, 3.8) is 0 Å². The Bertz CT molecular complexity index is 180. The maximum absolute atomic E-state index is 8.63. The Morgan fingerprint density at radius 2 is 1.12 bits per heavy atom. The zero-order chi connectivity index (χ0) is 10.1. The Balaban J connectivity index is -0.00000000913. The summed E-state index contributed by atoms with van der Waals surface area (Å²) < 4.78 is 32.8. The Hall–Kier alpha value is 4.54. The van der Waals surface area contributed by atoms with E-state index in [1.54, 1.807) is 0 Å².